The fourth-order valence-electron chi connectivity index (χ4n) is 2.23. The molecule has 9 nitrogen and oxygen atoms in total. The highest BCUT2D eigenvalue weighted by Crippen LogP contribution is 2.32. The molecule has 1 saturated heterocycles. The second-order valence-corrected chi connectivity index (χ2v) is 4.41. The zero-order chi connectivity index (χ0) is 13.6. The van der Waals surface area contributed by atoms with Crippen molar-refractivity contribution in [2.75, 3.05) is 12.3 Å². The Hall–Kier alpha value is -1.97. The highest BCUT2D eigenvalue weighted by atomic mass is 16.5. The SMILES string of the molecule is Nc1nn2c([C@H]3C[C@H](O)[C@@H](CO)O3)cnc2c(=O)[nH]1. The number of H-pyrrole nitrogens is 1. The number of nitrogen functional groups attached to an aromatic ring is 1. The molecule has 2 aromatic heterocycles. The van der Waals surface area contributed by atoms with Gasteiger partial charge < -0.3 is 20.7 Å². The van der Waals surface area contributed by atoms with E-state index < -0.39 is 23.9 Å². The molecule has 1 aliphatic rings. The molecule has 19 heavy (non-hydrogen) atoms. The largest absolute Gasteiger partial charge is 0.394 e. The lowest BCUT2D eigenvalue weighted by molar-refractivity contribution is -0.0240. The lowest BCUT2D eigenvalue weighted by atomic mass is 10.1. The van der Waals surface area contributed by atoms with Crippen LogP contribution in [0.4, 0.5) is 5.95 Å². The van der Waals surface area contributed by atoms with Gasteiger partial charge in [-0.25, -0.2) is 9.50 Å². The van der Waals surface area contributed by atoms with Crippen molar-refractivity contribution >= 4 is 11.6 Å². The van der Waals surface area contributed by atoms with Crippen molar-refractivity contribution in [3.8, 4) is 0 Å². The van der Waals surface area contributed by atoms with Gasteiger partial charge in [0.15, 0.2) is 0 Å². The Labute approximate surface area is 106 Å². The van der Waals surface area contributed by atoms with Gasteiger partial charge in [-0.1, -0.05) is 0 Å². The second-order valence-electron chi connectivity index (χ2n) is 4.41. The van der Waals surface area contributed by atoms with E-state index in [9.17, 15) is 9.90 Å². The molecule has 0 amide bonds. The van der Waals surface area contributed by atoms with E-state index in [1.807, 2.05) is 0 Å². The Balaban J connectivity index is 2.05. The minimum Gasteiger partial charge on any atom is -0.394 e. The van der Waals surface area contributed by atoms with E-state index in [0.717, 1.165) is 0 Å². The van der Waals surface area contributed by atoms with Gasteiger partial charge in [0, 0.05) is 6.42 Å². The van der Waals surface area contributed by atoms with Gasteiger partial charge in [-0.05, 0) is 0 Å². The van der Waals surface area contributed by atoms with Gasteiger partial charge in [0.1, 0.15) is 12.2 Å². The fourth-order valence-corrected chi connectivity index (χ4v) is 2.23. The van der Waals surface area contributed by atoms with Gasteiger partial charge in [-0.3, -0.25) is 9.78 Å². The topological polar surface area (TPSA) is 139 Å². The number of nitrogens with one attached hydrogen (secondary N) is 1. The monoisotopic (exact) mass is 267 g/mol. The summed E-state index contributed by atoms with van der Waals surface area (Å²) in [5.74, 6) is -0.0333. The fraction of sp³-hybridized carbons (Fsp3) is 0.500. The van der Waals surface area contributed by atoms with Crippen LogP contribution in [0.2, 0.25) is 0 Å². The number of nitrogens with two attached hydrogens (primary N) is 1. The van der Waals surface area contributed by atoms with E-state index in [4.69, 9.17) is 15.6 Å². The van der Waals surface area contributed by atoms with Gasteiger partial charge in [0.05, 0.1) is 24.6 Å². The molecular formula is C10H13N5O4. The predicted molar refractivity (Wildman–Crippen MR) is 63.3 cm³/mol. The second kappa shape index (κ2) is 4.30. The first kappa shape index (κ1) is 12.1. The van der Waals surface area contributed by atoms with Gasteiger partial charge >= 0.3 is 0 Å². The maximum absolute atomic E-state index is 11.6. The van der Waals surface area contributed by atoms with Crippen LogP contribution in [0.15, 0.2) is 11.0 Å². The number of aliphatic hydroxyl groups is 2. The Morgan fingerprint density at radius 3 is 3.11 bits per heavy atom. The zero-order valence-electron chi connectivity index (χ0n) is 9.85. The van der Waals surface area contributed by atoms with Gasteiger partial charge in [0.2, 0.25) is 11.6 Å². The van der Waals surface area contributed by atoms with Gasteiger partial charge in [0.25, 0.3) is 5.56 Å². The molecule has 9 heteroatoms. The number of rotatable bonds is 2. The average molecular weight is 267 g/mol. The average Bonchev–Trinajstić information content (AvgIpc) is 2.92. The number of aliphatic hydroxyl groups excluding tert-OH is 2. The number of aromatic nitrogens is 4. The molecule has 0 unspecified atom stereocenters. The lowest BCUT2D eigenvalue weighted by Gasteiger charge is -2.11. The van der Waals surface area contributed by atoms with Crippen molar-refractivity contribution in [2.45, 2.75) is 24.7 Å². The molecule has 0 aliphatic carbocycles. The van der Waals surface area contributed by atoms with Gasteiger partial charge in [-0.2, -0.15) is 0 Å². The van der Waals surface area contributed by atoms with E-state index in [-0.39, 0.29) is 18.2 Å². The third-order valence-corrected chi connectivity index (χ3v) is 3.15. The first-order valence-electron chi connectivity index (χ1n) is 5.78. The molecule has 3 rings (SSSR count). The van der Waals surface area contributed by atoms with Crippen molar-refractivity contribution in [2.24, 2.45) is 0 Å². The van der Waals surface area contributed by atoms with E-state index in [1.165, 1.54) is 10.7 Å². The number of nitrogens with zero attached hydrogens (tertiary/aromatic N) is 3. The van der Waals surface area contributed by atoms with E-state index >= 15 is 0 Å². The molecule has 0 saturated carbocycles. The summed E-state index contributed by atoms with van der Waals surface area (Å²) in [6, 6.07) is 0. The zero-order valence-corrected chi connectivity index (χ0v) is 9.85. The van der Waals surface area contributed by atoms with Crippen LogP contribution < -0.4 is 11.3 Å². The molecule has 102 valence electrons. The summed E-state index contributed by atoms with van der Waals surface area (Å²) in [5.41, 5.74) is 5.66. The third-order valence-electron chi connectivity index (χ3n) is 3.15. The summed E-state index contributed by atoms with van der Waals surface area (Å²) in [6.07, 6.45) is -0.146. The molecule has 1 fully saturated rings. The summed E-state index contributed by atoms with van der Waals surface area (Å²) in [4.78, 5) is 17.9. The van der Waals surface area contributed by atoms with Crippen LogP contribution in [0.1, 0.15) is 18.2 Å². The summed E-state index contributed by atoms with van der Waals surface area (Å²) in [6.45, 7) is -0.273. The van der Waals surface area contributed by atoms with E-state index in [0.29, 0.717) is 12.1 Å². The van der Waals surface area contributed by atoms with Crippen LogP contribution in [0, 0.1) is 0 Å². The van der Waals surface area contributed by atoms with Crippen molar-refractivity contribution in [3.05, 3.63) is 22.2 Å². The normalized spacial score (nSPS) is 27.2. The number of anilines is 1. The number of fused-ring (bicyclic) bond motifs is 1. The highest BCUT2D eigenvalue weighted by Gasteiger charge is 2.36. The summed E-state index contributed by atoms with van der Waals surface area (Å²) in [7, 11) is 0. The van der Waals surface area contributed by atoms with E-state index in [2.05, 4.69) is 15.1 Å². The number of imidazole rings is 1. The highest BCUT2D eigenvalue weighted by molar-refractivity contribution is 5.38. The Kier molecular flexibility index (Phi) is 2.73. The predicted octanol–water partition coefficient (Wildman–Crippen LogP) is -1.82. The summed E-state index contributed by atoms with van der Waals surface area (Å²) < 4.78 is 6.80. The van der Waals surface area contributed by atoms with Crippen molar-refractivity contribution in [1.29, 1.82) is 0 Å². The molecule has 3 atom stereocenters. The van der Waals surface area contributed by atoms with E-state index in [1.54, 1.807) is 0 Å². The van der Waals surface area contributed by atoms with Crippen LogP contribution in [-0.2, 0) is 4.74 Å². The smallest absolute Gasteiger partial charge is 0.295 e. The Bertz CT molecular complexity index is 665. The molecular weight excluding hydrogens is 254 g/mol. The third kappa shape index (κ3) is 1.87. The van der Waals surface area contributed by atoms with Crippen LogP contribution in [0.25, 0.3) is 5.65 Å². The minimum atomic E-state index is -0.764. The van der Waals surface area contributed by atoms with Crippen LogP contribution in [-0.4, -0.2) is 48.6 Å². The molecule has 0 bridgehead atoms. The summed E-state index contributed by atoms with van der Waals surface area (Å²) in [5, 5.41) is 22.7. The van der Waals surface area contributed by atoms with Crippen LogP contribution in [0.3, 0.4) is 0 Å². The number of aromatic amines is 1. The number of hydrogen-bond acceptors (Lipinski definition) is 7. The molecule has 2 aromatic rings. The first-order chi connectivity index (χ1) is 9.10. The quantitative estimate of drug-likeness (QED) is 0.502. The standard InChI is InChI=1S/C10H13N5O4/c11-10-13-9(18)8-12-2-4(15(8)14-10)6-1-5(17)7(3-16)19-6/h2,5-7,16-17H,1,3H2,(H3,11,13,14,18)/t5-,6+,7+/m0/s1. The lowest BCUT2D eigenvalue weighted by Crippen LogP contribution is -2.24. The Morgan fingerprint density at radius 2 is 2.42 bits per heavy atom. The Morgan fingerprint density at radius 1 is 1.63 bits per heavy atom. The molecule has 1 aliphatic heterocycles. The van der Waals surface area contributed by atoms with Crippen LogP contribution >= 0.6 is 0 Å². The maximum atomic E-state index is 11.6. The van der Waals surface area contributed by atoms with Crippen molar-refractivity contribution in [1.82, 2.24) is 19.6 Å². The van der Waals surface area contributed by atoms with Crippen LogP contribution in [0.5, 0.6) is 0 Å². The minimum absolute atomic E-state index is 0.0333. The number of ether oxygens (including phenoxy) is 1. The summed E-state index contributed by atoms with van der Waals surface area (Å²) >= 11 is 0. The maximum Gasteiger partial charge on any atom is 0.295 e. The van der Waals surface area contributed by atoms with Crippen molar-refractivity contribution in [3.63, 3.8) is 0 Å². The van der Waals surface area contributed by atoms with Crippen molar-refractivity contribution < 1.29 is 14.9 Å². The molecule has 0 spiro atoms. The molecule has 0 radical (unpaired) electrons. The molecule has 3 heterocycles. The molecule has 0 aromatic carbocycles. The first-order valence-corrected chi connectivity index (χ1v) is 5.78. The molecule has 5 N–H and O–H groups in total. The van der Waals surface area contributed by atoms with Gasteiger partial charge in [-0.15, -0.1) is 5.10 Å². The number of hydrogen-bond donors (Lipinski definition) is 4.